The highest BCUT2D eigenvalue weighted by molar-refractivity contribution is 5.98. The second kappa shape index (κ2) is 3.67. The fraction of sp³-hybridized carbons (Fsp3) is 0.800. The molecule has 4 aliphatic rings. The second-order valence-corrected chi connectivity index (χ2v) is 6.68. The van der Waals surface area contributed by atoms with Gasteiger partial charge in [-0.15, -0.1) is 0 Å². The molecular formula is C15H22O3. The first-order chi connectivity index (χ1) is 8.44. The van der Waals surface area contributed by atoms with Gasteiger partial charge in [0.25, 0.3) is 0 Å². The van der Waals surface area contributed by atoms with Gasteiger partial charge < -0.3 is 10.2 Å². The lowest BCUT2D eigenvalue weighted by Gasteiger charge is -2.49. The Bertz CT molecular complexity index is 427. The molecule has 0 unspecified atom stereocenters. The average Bonchev–Trinajstić information content (AvgIpc) is 2.59. The van der Waals surface area contributed by atoms with Gasteiger partial charge in [-0.05, 0) is 55.9 Å². The van der Waals surface area contributed by atoms with Crippen LogP contribution in [0, 0.1) is 23.2 Å². The summed E-state index contributed by atoms with van der Waals surface area (Å²) in [4.78, 5) is 12.3. The van der Waals surface area contributed by atoms with E-state index in [0.717, 1.165) is 24.8 Å². The van der Waals surface area contributed by atoms with Gasteiger partial charge in [0.1, 0.15) is 5.60 Å². The largest absolute Gasteiger partial charge is 0.396 e. The predicted octanol–water partition coefficient (Wildman–Crippen LogP) is 1.68. The molecule has 3 heteroatoms. The molecule has 5 atom stereocenters. The summed E-state index contributed by atoms with van der Waals surface area (Å²) in [6.45, 7) is 4.18. The first-order valence-electron chi connectivity index (χ1n) is 7.00. The van der Waals surface area contributed by atoms with Crippen molar-refractivity contribution < 1.29 is 15.0 Å². The van der Waals surface area contributed by atoms with E-state index in [2.05, 4.69) is 6.92 Å². The highest BCUT2D eigenvalue weighted by atomic mass is 16.3. The Hall–Kier alpha value is -0.670. The van der Waals surface area contributed by atoms with Crippen LogP contribution >= 0.6 is 0 Å². The van der Waals surface area contributed by atoms with Crippen LogP contribution in [0.4, 0.5) is 0 Å². The Labute approximate surface area is 108 Å². The fourth-order valence-corrected chi connectivity index (χ4v) is 4.81. The maximum absolute atomic E-state index is 12.3. The van der Waals surface area contributed by atoms with Crippen molar-refractivity contribution in [2.45, 2.75) is 45.1 Å². The summed E-state index contributed by atoms with van der Waals surface area (Å²) >= 11 is 0. The van der Waals surface area contributed by atoms with Crippen molar-refractivity contribution in [3.05, 3.63) is 11.6 Å². The molecule has 2 saturated carbocycles. The van der Waals surface area contributed by atoms with Crippen LogP contribution in [0.1, 0.15) is 39.5 Å². The van der Waals surface area contributed by atoms with Crippen LogP contribution in [-0.2, 0) is 4.79 Å². The lowest BCUT2D eigenvalue weighted by atomic mass is 9.57. The predicted molar refractivity (Wildman–Crippen MR) is 67.8 cm³/mol. The van der Waals surface area contributed by atoms with Crippen LogP contribution in [0.2, 0.25) is 0 Å². The molecule has 2 N–H and O–H groups in total. The number of carbonyl (C=O) groups excluding carboxylic acids is 1. The first-order valence-corrected chi connectivity index (χ1v) is 7.00. The second-order valence-electron chi connectivity index (χ2n) is 6.68. The molecule has 2 fully saturated rings. The van der Waals surface area contributed by atoms with Gasteiger partial charge >= 0.3 is 0 Å². The molecule has 4 rings (SSSR count). The van der Waals surface area contributed by atoms with Crippen molar-refractivity contribution in [2.24, 2.45) is 23.2 Å². The summed E-state index contributed by atoms with van der Waals surface area (Å²) in [6.07, 6.45) is 5.22. The van der Waals surface area contributed by atoms with Crippen molar-refractivity contribution in [2.75, 3.05) is 6.61 Å². The molecule has 0 aromatic heterocycles. The van der Waals surface area contributed by atoms with E-state index in [4.69, 9.17) is 0 Å². The molecule has 0 radical (unpaired) electrons. The molecule has 2 bridgehead atoms. The molecule has 0 saturated heterocycles. The number of aliphatic hydroxyl groups is 2. The Morgan fingerprint density at radius 3 is 2.83 bits per heavy atom. The smallest absolute Gasteiger partial charge is 0.187 e. The van der Waals surface area contributed by atoms with E-state index in [1.807, 2.05) is 6.92 Å². The Balaban J connectivity index is 2.15. The van der Waals surface area contributed by atoms with Crippen LogP contribution in [-0.4, -0.2) is 28.2 Å². The molecule has 0 aliphatic heterocycles. The summed E-state index contributed by atoms with van der Waals surface area (Å²) in [5.41, 5.74) is -0.126. The fourth-order valence-electron chi connectivity index (χ4n) is 4.81. The van der Waals surface area contributed by atoms with Gasteiger partial charge in [-0.25, -0.2) is 0 Å². The van der Waals surface area contributed by atoms with E-state index >= 15 is 0 Å². The van der Waals surface area contributed by atoms with E-state index < -0.39 is 5.60 Å². The van der Waals surface area contributed by atoms with Gasteiger partial charge in [0.05, 0.1) is 0 Å². The van der Waals surface area contributed by atoms with Crippen LogP contribution in [0.5, 0.6) is 0 Å². The minimum Gasteiger partial charge on any atom is -0.396 e. The average molecular weight is 250 g/mol. The molecule has 0 heterocycles. The van der Waals surface area contributed by atoms with Crippen LogP contribution < -0.4 is 0 Å². The molecular weight excluding hydrogens is 228 g/mol. The zero-order valence-electron chi connectivity index (χ0n) is 11.1. The van der Waals surface area contributed by atoms with Crippen LogP contribution in [0.25, 0.3) is 0 Å². The lowest BCUT2D eigenvalue weighted by Crippen LogP contribution is -2.54. The van der Waals surface area contributed by atoms with Crippen molar-refractivity contribution in [1.29, 1.82) is 0 Å². The number of allylic oxidation sites excluding steroid dienone is 1. The third-order valence-electron chi connectivity index (χ3n) is 6.04. The monoisotopic (exact) mass is 250 g/mol. The number of hydrogen-bond donors (Lipinski definition) is 2. The molecule has 0 aromatic carbocycles. The van der Waals surface area contributed by atoms with Gasteiger partial charge in [-0.2, -0.15) is 0 Å². The summed E-state index contributed by atoms with van der Waals surface area (Å²) < 4.78 is 0. The van der Waals surface area contributed by atoms with Gasteiger partial charge in [0.2, 0.25) is 0 Å². The highest BCUT2D eigenvalue weighted by Crippen LogP contribution is 2.63. The summed E-state index contributed by atoms with van der Waals surface area (Å²) in [5, 5.41) is 20.3. The van der Waals surface area contributed by atoms with E-state index in [-0.39, 0.29) is 23.7 Å². The Morgan fingerprint density at radius 2 is 2.17 bits per heavy atom. The number of fused-ring (bicyclic) bond motifs is 2. The number of rotatable bonds is 1. The maximum Gasteiger partial charge on any atom is 0.187 e. The normalized spacial score (nSPS) is 51.0. The third kappa shape index (κ3) is 1.29. The standard InChI is InChI=1S/C15H22O3/c1-9-3-4-14-6-11(8-16)15(18,7-12(9)14)13(17)5-10(14)2/h5,9,11-12,16,18H,3-4,6-8H2,1-2H3/t9-,11+,12-,14-,15-/m0/s1. The van der Waals surface area contributed by atoms with E-state index in [1.165, 1.54) is 0 Å². The van der Waals surface area contributed by atoms with Crippen molar-refractivity contribution in [1.82, 2.24) is 0 Å². The van der Waals surface area contributed by atoms with Gasteiger partial charge in [0.15, 0.2) is 5.78 Å². The third-order valence-corrected chi connectivity index (χ3v) is 6.04. The minimum absolute atomic E-state index is 0.0607. The van der Waals surface area contributed by atoms with Gasteiger partial charge in [-0.1, -0.05) is 12.5 Å². The minimum atomic E-state index is -1.32. The van der Waals surface area contributed by atoms with E-state index in [9.17, 15) is 15.0 Å². The molecule has 100 valence electrons. The van der Waals surface area contributed by atoms with Crippen LogP contribution in [0.15, 0.2) is 11.6 Å². The molecule has 18 heavy (non-hydrogen) atoms. The van der Waals surface area contributed by atoms with Gasteiger partial charge in [0, 0.05) is 12.5 Å². The molecule has 0 aromatic rings. The summed E-state index contributed by atoms with van der Waals surface area (Å²) in [7, 11) is 0. The number of aliphatic hydroxyl groups excluding tert-OH is 1. The molecule has 0 amide bonds. The zero-order chi connectivity index (χ0) is 13.1. The van der Waals surface area contributed by atoms with Gasteiger partial charge in [-0.3, -0.25) is 4.79 Å². The van der Waals surface area contributed by atoms with Crippen molar-refractivity contribution in [3.8, 4) is 0 Å². The number of carbonyl (C=O) groups is 1. The quantitative estimate of drug-likeness (QED) is 0.744. The lowest BCUT2D eigenvalue weighted by molar-refractivity contribution is -0.153. The summed E-state index contributed by atoms with van der Waals surface area (Å²) in [6, 6.07) is 0. The Kier molecular flexibility index (Phi) is 2.52. The van der Waals surface area contributed by atoms with Crippen LogP contribution in [0.3, 0.4) is 0 Å². The van der Waals surface area contributed by atoms with E-state index in [0.29, 0.717) is 18.3 Å². The number of hydrogen-bond acceptors (Lipinski definition) is 3. The van der Waals surface area contributed by atoms with Crippen molar-refractivity contribution in [3.63, 3.8) is 0 Å². The zero-order valence-corrected chi connectivity index (χ0v) is 11.1. The highest BCUT2D eigenvalue weighted by Gasteiger charge is 2.62. The Morgan fingerprint density at radius 1 is 1.44 bits per heavy atom. The number of ketones is 1. The van der Waals surface area contributed by atoms with Crippen molar-refractivity contribution >= 4 is 5.78 Å². The SMILES string of the molecule is CC1=CC(=O)[C@]2(O)C[C@H]3[C@@H](C)CC[C@]13C[C@@H]2CO. The topological polar surface area (TPSA) is 57.5 Å². The summed E-state index contributed by atoms with van der Waals surface area (Å²) in [5.74, 6) is 0.483. The molecule has 4 aliphatic carbocycles. The van der Waals surface area contributed by atoms with E-state index in [1.54, 1.807) is 6.08 Å². The maximum atomic E-state index is 12.3. The molecule has 1 spiro atoms. The molecule has 3 nitrogen and oxygen atoms in total. The first kappa shape index (κ1) is 12.4.